The summed E-state index contributed by atoms with van der Waals surface area (Å²) in [5, 5.41) is 2.56. The molecular weight excluding hydrogens is 364 g/mol. The Labute approximate surface area is 166 Å². The smallest absolute Gasteiger partial charge is 0.272 e. The molecule has 3 N–H and O–H groups in total. The summed E-state index contributed by atoms with van der Waals surface area (Å²) >= 11 is 0. The quantitative estimate of drug-likeness (QED) is 0.491. The number of nitrogens with zero attached hydrogens (tertiary/aromatic N) is 1. The number of hydrogen-bond donors (Lipinski definition) is 3. The van der Waals surface area contributed by atoms with Crippen LogP contribution in [0.5, 0.6) is 0 Å². The Hall–Kier alpha value is -3.67. The topological polar surface area (TPSA) is 94.4 Å². The fraction of sp³-hybridized carbons (Fsp3) is 0.174. The van der Waals surface area contributed by atoms with Crippen LogP contribution >= 0.6 is 0 Å². The van der Waals surface area contributed by atoms with Crippen molar-refractivity contribution in [2.24, 2.45) is 0 Å². The van der Waals surface area contributed by atoms with Gasteiger partial charge in [-0.3, -0.25) is 9.59 Å². The van der Waals surface area contributed by atoms with Gasteiger partial charge in [0.25, 0.3) is 11.1 Å². The van der Waals surface area contributed by atoms with Crippen LogP contribution in [0.2, 0.25) is 0 Å². The minimum atomic E-state index is -0.375. The van der Waals surface area contributed by atoms with E-state index in [0.717, 1.165) is 22.0 Å². The number of aromatic amines is 3. The highest BCUT2D eigenvalue weighted by molar-refractivity contribution is 5.84. The number of nitrogens with one attached hydrogen (secondary N) is 3. The fourth-order valence-corrected chi connectivity index (χ4v) is 3.31. The molecule has 0 aliphatic rings. The molecule has 0 aliphatic heterocycles. The van der Waals surface area contributed by atoms with Gasteiger partial charge in [0.05, 0.1) is 12.0 Å². The molecule has 0 bridgehead atoms. The van der Waals surface area contributed by atoms with Gasteiger partial charge in [-0.05, 0) is 34.6 Å². The maximum absolute atomic E-state index is 12.6. The van der Waals surface area contributed by atoms with Crippen LogP contribution in [0.3, 0.4) is 0 Å². The molecular formula is C23H22N4O2. The number of aromatic nitrogens is 4. The minimum absolute atomic E-state index is 0.167. The average molecular weight is 386 g/mol. The fourth-order valence-electron chi connectivity index (χ4n) is 3.31. The molecule has 4 rings (SSSR count). The van der Waals surface area contributed by atoms with Crippen LogP contribution < -0.4 is 21.8 Å². The molecule has 29 heavy (non-hydrogen) atoms. The van der Waals surface area contributed by atoms with Gasteiger partial charge < -0.3 is 15.0 Å². The summed E-state index contributed by atoms with van der Waals surface area (Å²) in [7, 11) is 0. The van der Waals surface area contributed by atoms with E-state index in [-0.39, 0.29) is 27.2 Å². The zero-order valence-corrected chi connectivity index (χ0v) is 16.5. The van der Waals surface area contributed by atoms with Crippen molar-refractivity contribution < 1.29 is 0 Å². The van der Waals surface area contributed by atoms with E-state index in [4.69, 9.17) is 0 Å². The highest BCUT2D eigenvalue weighted by Gasteiger charge is 2.19. The van der Waals surface area contributed by atoms with Gasteiger partial charge in [0, 0.05) is 11.1 Å². The standard InChI is InChI=1S/C23H22N4O2/c1-23(2,3)20-17(24-13-25-20)12-19-22(29)26-18(21(28)27-19)11-14-8-9-15-6-4-5-7-16(15)10-14/h4-13H,1-3H3,(H,24,25)(H,26,29)(H,27,28). The molecule has 0 aliphatic carbocycles. The van der Waals surface area contributed by atoms with Gasteiger partial charge in [-0.1, -0.05) is 57.2 Å². The second-order valence-corrected chi connectivity index (χ2v) is 8.04. The number of H-pyrrole nitrogens is 3. The largest absolute Gasteiger partial charge is 0.348 e. The molecule has 0 atom stereocenters. The summed E-state index contributed by atoms with van der Waals surface area (Å²) in [6, 6.07) is 13.9. The summed E-state index contributed by atoms with van der Waals surface area (Å²) in [4.78, 5) is 37.9. The molecule has 2 aromatic carbocycles. The first-order chi connectivity index (χ1) is 13.8. The summed E-state index contributed by atoms with van der Waals surface area (Å²) < 4.78 is 0. The third-order valence-corrected chi connectivity index (χ3v) is 4.77. The first-order valence-electron chi connectivity index (χ1n) is 9.40. The number of hydrogen-bond acceptors (Lipinski definition) is 3. The van der Waals surface area contributed by atoms with Gasteiger partial charge in [0.2, 0.25) is 0 Å². The zero-order chi connectivity index (χ0) is 20.6. The van der Waals surface area contributed by atoms with E-state index in [2.05, 4.69) is 19.9 Å². The summed E-state index contributed by atoms with van der Waals surface area (Å²) in [6.45, 7) is 6.14. The van der Waals surface area contributed by atoms with Crippen molar-refractivity contribution in [3.63, 3.8) is 0 Å². The van der Waals surface area contributed by atoms with Crippen LogP contribution in [0.1, 0.15) is 37.7 Å². The Bertz CT molecular complexity index is 1430. The predicted molar refractivity (Wildman–Crippen MR) is 115 cm³/mol. The molecule has 0 fully saturated rings. The lowest BCUT2D eigenvalue weighted by Gasteiger charge is -2.16. The van der Waals surface area contributed by atoms with Crippen LogP contribution in [0, 0.1) is 0 Å². The Morgan fingerprint density at radius 3 is 2.21 bits per heavy atom. The van der Waals surface area contributed by atoms with Crippen LogP contribution in [0.15, 0.2) is 58.4 Å². The van der Waals surface area contributed by atoms with E-state index in [1.54, 1.807) is 18.5 Å². The van der Waals surface area contributed by atoms with Crippen molar-refractivity contribution in [1.29, 1.82) is 0 Å². The molecule has 4 aromatic rings. The van der Waals surface area contributed by atoms with Crippen molar-refractivity contribution in [3.8, 4) is 0 Å². The van der Waals surface area contributed by atoms with E-state index in [9.17, 15) is 9.59 Å². The first kappa shape index (κ1) is 18.7. The highest BCUT2D eigenvalue weighted by Crippen LogP contribution is 2.22. The third-order valence-electron chi connectivity index (χ3n) is 4.77. The molecule has 0 spiro atoms. The van der Waals surface area contributed by atoms with E-state index < -0.39 is 0 Å². The van der Waals surface area contributed by atoms with Crippen molar-refractivity contribution in [2.45, 2.75) is 26.2 Å². The maximum atomic E-state index is 12.6. The first-order valence-corrected chi connectivity index (χ1v) is 9.40. The molecule has 146 valence electrons. The van der Waals surface area contributed by atoms with Gasteiger partial charge >= 0.3 is 0 Å². The third kappa shape index (κ3) is 3.82. The van der Waals surface area contributed by atoms with Gasteiger partial charge in [-0.25, -0.2) is 4.98 Å². The molecule has 0 saturated heterocycles. The van der Waals surface area contributed by atoms with Gasteiger partial charge in [0.15, 0.2) is 0 Å². The van der Waals surface area contributed by atoms with Crippen molar-refractivity contribution in [2.75, 3.05) is 0 Å². The molecule has 2 heterocycles. The molecule has 6 heteroatoms. The summed E-state index contributed by atoms with van der Waals surface area (Å²) in [5.74, 6) is 0. The number of imidazole rings is 1. The Morgan fingerprint density at radius 2 is 1.52 bits per heavy atom. The predicted octanol–water partition coefficient (Wildman–Crippen LogP) is 1.89. The monoisotopic (exact) mass is 386 g/mol. The second-order valence-electron chi connectivity index (χ2n) is 8.04. The molecule has 2 aromatic heterocycles. The van der Waals surface area contributed by atoms with Crippen LogP contribution in [0.25, 0.3) is 22.9 Å². The van der Waals surface area contributed by atoms with E-state index in [1.807, 2.05) is 63.2 Å². The molecule has 0 unspecified atom stereocenters. The van der Waals surface area contributed by atoms with E-state index in [0.29, 0.717) is 5.69 Å². The summed E-state index contributed by atoms with van der Waals surface area (Å²) in [5.41, 5.74) is 1.45. The van der Waals surface area contributed by atoms with Crippen molar-refractivity contribution >= 4 is 22.9 Å². The number of fused-ring (bicyclic) bond motifs is 1. The molecule has 0 radical (unpaired) electrons. The second kappa shape index (κ2) is 7.05. The Morgan fingerprint density at radius 1 is 0.862 bits per heavy atom. The van der Waals surface area contributed by atoms with E-state index >= 15 is 0 Å². The van der Waals surface area contributed by atoms with Gasteiger partial charge in [-0.15, -0.1) is 0 Å². The Balaban J connectivity index is 1.82. The van der Waals surface area contributed by atoms with Crippen LogP contribution in [-0.2, 0) is 5.41 Å². The molecule has 6 nitrogen and oxygen atoms in total. The van der Waals surface area contributed by atoms with Gasteiger partial charge in [-0.2, -0.15) is 0 Å². The normalized spacial score (nSPS) is 13.3. The number of rotatable bonds is 2. The molecule has 0 amide bonds. The van der Waals surface area contributed by atoms with E-state index in [1.165, 1.54) is 0 Å². The zero-order valence-electron chi connectivity index (χ0n) is 16.5. The number of benzene rings is 2. The van der Waals surface area contributed by atoms with Crippen molar-refractivity contribution in [1.82, 2.24) is 19.9 Å². The maximum Gasteiger partial charge on any atom is 0.272 e. The minimum Gasteiger partial charge on any atom is -0.348 e. The SMILES string of the molecule is CC(C)(C)c1[nH]cnc1C=c1[nH]c(=O)c(=Cc2ccc3ccccc3c2)[nH]c1=O. The van der Waals surface area contributed by atoms with Crippen LogP contribution in [-0.4, -0.2) is 19.9 Å². The Kier molecular flexibility index (Phi) is 4.54. The molecule has 0 saturated carbocycles. The highest BCUT2D eigenvalue weighted by atomic mass is 16.1. The lowest BCUT2D eigenvalue weighted by atomic mass is 9.90. The van der Waals surface area contributed by atoms with Crippen molar-refractivity contribution in [3.05, 3.63) is 97.1 Å². The van der Waals surface area contributed by atoms with Crippen LogP contribution in [0.4, 0.5) is 0 Å². The van der Waals surface area contributed by atoms with Gasteiger partial charge in [0.1, 0.15) is 10.7 Å². The lowest BCUT2D eigenvalue weighted by molar-refractivity contribution is 0.571. The average Bonchev–Trinajstić information content (AvgIpc) is 3.14. The lowest BCUT2D eigenvalue weighted by Crippen LogP contribution is -2.46. The summed E-state index contributed by atoms with van der Waals surface area (Å²) in [6.07, 6.45) is 4.85.